The molecule has 5 heteroatoms. The van der Waals surface area contributed by atoms with Gasteiger partial charge in [-0.3, -0.25) is 9.59 Å². The Kier molecular flexibility index (Phi) is 5.09. The number of hydrogen-bond acceptors (Lipinski definition) is 2. The zero-order valence-electron chi connectivity index (χ0n) is 14.4. The van der Waals surface area contributed by atoms with Gasteiger partial charge in [0, 0.05) is 29.4 Å². The van der Waals surface area contributed by atoms with Crippen LogP contribution in [0.15, 0.2) is 48.5 Å². The minimum absolute atomic E-state index is 0.0468. The lowest BCUT2D eigenvalue weighted by atomic mass is 10.1. The van der Waals surface area contributed by atoms with Crippen molar-refractivity contribution < 1.29 is 9.59 Å². The van der Waals surface area contributed by atoms with Gasteiger partial charge >= 0.3 is 0 Å². The van der Waals surface area contributed by atoms with Gasteiger partial charge in [-0.15, -0.1) is 0 Å². The number of hydrogen-bond donors (Lipinski definition) is 0. The second-order valence-electron chi connectivity index (χ2n) is 6.15. The Bertz CT molecular complexity index is 789. The van der Waals surface area contributed by atoms with Crippen LogP contribution in [0.1, 0.15) is 29.8 Å². The van der Waals surface area contributed by atoms with Gasteiger partial charge in [-0.25, -0.2) is 0 Å². The number of carbonyl (C=O) groups excluding carboxylic acids is 2. The highest BCUT2D eigenvalue weighted by molar-refractivity contribution is 6.30. The molecular weight excluding hydrogens is 336 g/mol. The topological polar surface area (TPSA) is 40.6 Å². The summed E-state index contributed by atoms with van der Waals surface area (Å²) in [5, 5.41) is 0.585. The van der Waals surface area contributed by atoms with Gasteiger partial charge in [0.1, 0.15) is 6.04 Å². The second-order valence-corrected chi connectivity index (χ2v) is 6.59. The summed E-state index contributed by atoms with van der Waals surface area (Å²) in [6.07, 6.45) is 0.863. The fourth-order valence-electron chi connectivity index (χ4n) is 3.22. The van der Waals surface area contributed by atoms with E-state index in [1.807, 2.05) is 24.3 Å². The molecule has 130 valence electrons. The first-order valence-electron chi connectivity index (χ1n) is 8.48. The molecule has 2 amide bonds. The van der Waals surface area contributed by atoms with E-state index in [9.17, 15) is 9.59 Å². The summed E-state index contributed by atoms with van der Waals surface area (Å²) in [7, 11) is 0. The minimum Gasteiger partial charge on any atom is -0.325 e. The molecule has 3 rings (SSSR count). The van der Waals surface area contributed by atoms with Crippen molar-refractivity contribution in [3.05, 3.63) is 64.7 Å². The molecule has 0 aromatic heterocycles. The zero-order chi connectivity index (χ0) is 18.0. The van der Waals surface area contributed by atoms with E-state index >= 15 is 0 Å². The number of rotatable bonds is 3. The number of piperazine rings is 1. The molecule has 4 nitrogen and oxygen atoms in total. The summed E-state index contributed by atoms with van der Waals surface area (Å²) < 4.78 is 0. The SMILES string of the molecule is CCc1ccccc1N1CCN(C(=O)c2ccc(Cl)cc2)[C@H](C)C1=O. The number of para-hydroxylation sites is 1. The van der Waals surface area contributed by atoms with Crippen molar-refractivity contribution in [1.29, 1.82) is 0 Å². The number of nitrogens with zero attached hydrogens (tertiary/aromatic N) is 2. The summed E-state index contributed by atoms with van der Waals surface area (Å²) >= 11 is 5.88. The molecule has 0 radical (unpaired) electrons. The highest BCUT2D eigenvalue weighted by atomic mass is 35.5. The number of amides is 2. The lowest BCUT2D eigenvalue weighted by molar-refractivity contribution is -0.124. The number of carbonyl (C=O) groups is 2. The van der Waals surface area contributed by atoms with Gasteiger partial charge in [0.05, 0.1) is 0 Å². The molecule has 0 saturated carbocycles. The van der Waals surface area contributed by atoms with E-state index in [0.717, 1.165) is 17.7 Å². The summed E-state index contributed by atoms with van der Waals surface area (Å²) in [6.45, 7) is 4.87. The number of aryl methyl sites for hydroxylation is 1. The van der Waals surface area contributed by atoms with Crippen molar-refractivity contribution in [2.75, 3.05) is 18.0 Å². The number of anilines is 1. The maximum absolute atomic E-state index is 12.9. The molecule has 0 spiro atoms. The predicted molar refractivity (Wildman–Crippen MR) is 100 cm³/mol. The molecule has 1 atom stereocenters. The van der Waals surface area contributed by atoms with Crippen LogP contribution in [0.4, 0.5) is 5.69 Å². The van der Waals surface area contributed by atoms with Gasteiger partial charge in [0.2, 0.25) is 5.91 Å². The first kappa shape index (κ1) is 17.5. The van der Waals surface area contributed by atoms with E-state index < -0.39 is 6.04 Å². The molecule has 25 heavy (non-hydrogen) atoms. The summed E-state index contributed by atoms with van der Waals surface area (Å²) in [5.41, 5.74) is 2.63. The van der Waals surface area contributed by atoms with E-state index in [-0.39, 0.29) is 11.8 Å². The Balaban J connectivity index is 1.82. The Labute approximate surface area is 153 Å². The van der Waals surface area contributed by atoms with Crippen LogP contribution in [-0.2, 0) is 11.2 Å². The van der Waals surface area contributed by atoms with Crippen LogP contribution in [0, 0.1) is 0 Å². The highest BCUT2D eigenvalue weighted by Gasteiger charge is 2.35. The summed E-state index contributed by atoms with van der Waals surface area (Å²) in [4.78, 5) is 29.1. The number of halogens is 1. The molecule has 0 unspecified atom stereocenters. The smallest absolute Gasteiger partial charge is 0.254 e. The average molecular weight is 357 g/mol. The van der Waals surface area contributed by atoms with Crippen molar-refractivity contribution in [1.82, 2.24) is 4.90 Å². The van der Waals surface area contributed by atoms with Crippen LogP contribution in [0.2, 0.25) is 5.02 Å². The molecule has 1 heterocycles. The van der Waals surface area contributed by atoms with Gasteiger partial charge in [-0.2, -0.15) is 0 Å². The predicted octanol–water partition coefficient (Wildman–Crippen LogP) is 3.78. The zero-order valence-corrected chi connectivity index (χ0v) is 15.2. The third-order valence-electron chi connectivity index (χ3n) is 4.67. The molecule has 1 saturated heterocycles. The van der Waals surface area contributed by atoms with E-state index in [2.05, 4.69) is 6.92 Å². The normalized spacial score (nSPS) is 17.7. The molecule has 0 N–H and O–H groups in total. The van der Waals surface area contributed by atoms with Gasteiger partial charge in [0.15, 0.2) is 0 Å². The Morgan fingerprint density at radius 1 is 1.12 bits per heavy atom. The quantitative estimate of drug-likeness (QED) is 0.839. The maximum atomic E-state index is 12.9. The molecule has 2 aromatic rings. The highest BCUT2D eigenvalue weighted by Crippen LogP contribution is 2.26. The number of benzene rings is 2. The molecule has 1 aliphatic rings. The lowest BCUT2D eigenvalue weighted by Crippen LogP contribution is -2.58. The molecule has 1 fully saturated rings. The van der Waals surface area contributed by atoms with E-state index in [1.54, 1.807) is 41.0 Å². The first-order chi connectivity index (χ1) is 12.0. The minimum atomic E-state index is -0.498. The van der Waals surface area contributed by atoms with Gasteiger partial charge in [0.25, 0.3) is 5.91 Å². The Morgan fingerprint density at radius 3 is 2.48 bits per heavy atom. The van der Waals surface area contributed by atoms with Gasteiger partial charge in [-0.1, -0.05) is 36.7 Å². The van der Waals surface area contributed by atoms with E-state index in [1.165, 1.54) is 0 Å². The van der Waals surface area contributed by atoms with E-state index in [4.69, 9.17) is 11.6 Å². The standard InChI is InChI=1S/C20H21ClN2O2/c1-3-15-6-4-5-7-18(15)23-13-12-22(14(2)19(23)24)20(25)16-8-10-17(21)11-9-16/h4-11,14H,3,12-13H2,1-2H3/t14-/m1/s1. The first-order valence-corrected chi connectivity index (χ1v) is 8.86. The molecule has 0 bridgehead atoms. The van der Waals surface area contributed by atoms with Gasteiger partial charge < -0.3 is 9.80 Å². The third kappa shape index (κ3) is 3.40. The second kappa shape index (κ2) is 7.28. The largest absolute Gasteiger partial charge is 0.325 e. The average Bonchev–Trinajstić information content (AvgIpc) is 2.64. The Morgan fingerprint density at radius 2 is 1.80 bits per heavy atom. The molecule has 2 aromatic carbocycles. The van der Waals surface area contributed by atoms with Crippen molar-refractivity contribution in [2.45, 2.75) is 26.3 Å². The van der Waals surface area contributed by atoms with Crippen molar-refractivity contribution in [3.63, 3.8) is 0 Å². The van der Waals surface area contributed by atoms with Crippen LogP contribution in [0.3, 0.4) is 0 Å². The van der Waals surface area contributed by atoms with Crippen LogP contribution in [0.25, 0.3) is 0 Å². The summed E-state index contributed by atoms with van der Waals surface area (Å²) in [5.74, 6) is -0.185. The molecular formula is C20H21ClN2O2. The fourth-order valence-corrected chi connectivity index (χ4v) is 3.34. The monoisotopic (exact) mass is 356 g/mol. The van der Waals surface area contributed by atoms with Crippen LogP contribution >= 0.6 is 11.6 Å². The third-order valence-corrected chi connectivity index (χ3v) is 4.92. The summed E-state index contributed by atoms with van der Waals surface area (Å²) in [6, 6.07) is 14.2. The maximum Gasteiger partial charge on any atom is 0.254 e. The van der Waals surface area contributed by atoms with Crippen LogP contribution in [-0.4, -0.2) is 35.8 Å². The van der Waals surface area contributed by atoms with Gasteiger partial charge in [-0.05, 0) is 49.2 Å². The van der Waals surface area contributed by atoms with Crippen molar-refractivity contribution in [2.24, 2.45) is 0 Å². The molecule has 0 aliphatic carbocycles. The van der Waals surface area contributed by atoms with Crippen molar-refractivity contribution in [3.8, 4) is 0 Å². The van der Waals surface area contributed by atoms with E-state index in [0.29, 0.717) is 23.7 Å². The van der Waals surface area contributed by atoms with Crippen LogP contribution < -0.4 is 4.90 Å². The Hall–Kier alpha value is -2.33. The van der Waals surface area contributed by atoms with Crippen molar-refractivity contribution >= 4 is 29.1 Å². The fraction of sp³-hybridized carbons (Fsp3) is 0.300. The molecule has 1 aliphatic heterocycles. The van der Waals surface area contributed by atoms with Crippen LogP contribution in [0.5, 0.6) is 0 Å². The lowest BCUT2D eigenvalue weighted by Gasteiger charge is -2.39.